The van der Waals surface area contributed by atoms with Crippen molar-refractivity contribution >= 4 is 23.3 Å². The number of piperazine rings is 1. The smallest absolute Gasteiger partial charge is 0.333 e. The van der Waals surface area contributed by atoms with E-state index in [1.807, 2.05) is 43.3 Å². The molecule has 3 amide bonds. The van der Waals surface area contributed by atoms with Gasteiger partial charge in [0, 0.05) is 49.9 Å². The van der Waals surface area contributed by atoms with Crippen molar-refractivity contribution in [3.05, 3.63) is 54.4 Å². The highest BCUT2D eigenvalue weighted by molar-refractivity contribution is 6.14. The third-order valence-corrected chi connectivity index (χ3v) is 5.50. The molecule has 2 fully saturated rings. The van der Waals surface area contributed by atoms with Gasteiger partial charge >= 0.3 is 6.03 Å². The number of aromatic nitrogens is 1. The van der Waals surface area contributed by atoms with Gasteiger partial charge in [0.2, 0.25) is 0 Å². The standard InChI is InChI=1S/C21H25N5O2/c1-16-3-5-19(6-4-16)26-17(2)20(27)25(21(26)28)15-23-11-13-24(14-12-23)18-7-9-22-10-8-18/h3-10,17H,11-15H2,1-2H3/t17-/m0/s1. The Labute approximate surface area is 165 Å². The maximum Gasteiger partial charge on any atom is 0.333 e. The molecule has 7 nitrogen and oxygen atoms in total. The second-order valence-corrected chi connectivity index (χ2v) is 7.38. The Morgan fingerprint density at radius 2 is 1.57 bits per heavy atom. The zero-order chi connectivity index (χ0) is 19.7. The molecule has 1 aromatic carbocycles. The summed E-state index contributed by atoms with van der Waals surface area (Å²) in [6.07, 6.45) is 3.59. The molecular formula is C21H25N5O2. The van der Waals surface area contributed by atoms with Gasteiger partial charge in [0.15, 0.2) is 0 Å². The molecule has 0 radical (unpaired) electrons. The Morgan fingerprint density at radius 1 is 0.929 bits per heavy atom. The lowest BCUT2D eigenvalue weighted by Crippen LogP contribution is -2.51. The van der Waals surface area contributed by atoms with Crippen LogP contribution in [0, 0.1) is 6.92 Å². The van der Waals surface area contributed by atoms with Gasteiger partial charge in [-0.3, -0.25) is 19.6 Å². The Balaban J connectivity index is 1.40. The molecule has 4 rings (SSSR count). The van der Waals surface area contributed by atoms with Crippen molar-refractivity contribution < 1.29 is 9.59 Å². The van der Waals surface area contributed by atoms with Crippen LogP contribution in [0.5, 0.6) is 0 Å². The fourth-order valence-electron chi connectivity index (χ4n) is 3.80. The van der Waals surface area contributed by atoms with E-state index in [0.29, 0.717) is 6.67 Å². The average Bonchev–Trinajstić information content (AvgIpc) is 2.93. The highest BCUT2D eigenvalue weighted by Gasteiger charge is 2.44. The summed E-state index contributed by atoms with van der Waals surface area (Å²) in [5, 5.41) is 0. The molecule has 0 bridgehead atoms. The van der Waals surface area contributed by atoms with Gasteiger partial charge in [-0.15, -0.1) is 0 Å². The molecule has 0 aliphatic carbocycles. The number of aryl methyl sites for hydroxylation is 1. The lowest BCUT2D eigenvalue weighted by atomic mass is 10.2. The highest BCUT2D eigenvalue weighted by Crippen LogP contribution is 2.26. The maximum absolute atomic E-state index is 13.0. The second kappa shape index (κ2) is 7.59. The van der Waals surface area contributed by atoms with Crippen molar-refractivity contribution in [1.29, 1.82) is 0 Å². The SMILES string of the molecule is Cc1ccc(N2C(=O)N(CN3CCN(c4ccncc4)CC3)C(=O)[C@@H]2C)cc1. The summed E-state index contributed by atoms with van der Waals surface area (Å²) in [5.74, 6) is -0.137. The number of anilines is 2. The van der Waals surface area contributed by atoms with Crippen LogP contribution in [0.15, 0.2) is 48.8 Å². The van der Waals surface area contributed by atoms with Gasteiger partial charge in [0.25, 0.3) is 5.91 Å². The second-order valence-electron chi connectivity index (χ2n) is 7.38. The van der Waals surface area contributed by atoms with E-state index in [4.69, 9.17) is 0 Å². The molecule has 0 N–H and O–H groups in total. The number of hydrogen-bond donors (Lipinski definition) is 0. The van der Waals surface area contributed by atoms with Crippen LogP contribution in [-0.4, -0.2) is 65.6 Å². The van der Waals surface area contributed by atoms with Crippen LogP contribution in [0.4, 0.5) is 16.2 Å². The first kappa shape index (κ1) is 18.4. The van der Waals surface area contributed by atoms with Crippen LogP contribution in [0.3, 0.4) is 0 Å². The molecule has 1 atom stereocenters. The fourth-order valence-corrected chi connectivity index (χ4v) is 3.80. The number of imide groups is 1. The first-order valence-electron chi connectivity index (χ1n) is 9.63. The molecule has 3 heterocycles. The minimum absolute atomic E-state index is 0.137. The molecule has 2 aromatic rings. The molecule has 146 valence electrons. The van der Waals surface area contributed by atoms with Crippen molar-refractivity contribution in [2.75, 3.05) is 42.6 Å². The zero-order valence-corrected chi connectivity index (χ0v) is 16.3. The summed E-state index contributed by atoms with van der Waals surface area (Å²) >= 11 is 0. The fraction of sp³-hybridized carbons (Fsp3) is 0.381. The van der Waals surface area contributed by atoms with Crippen LogP contribution in [0.25, 0.3) is 0 Å². The van der Waals surface area contributed by atoms with Crippen LogP contribution in [0.2, 0.25) is 0 Å². The van der Waals surface area contributed by atoms with E-state index in [9.17, 15) is 9.59 Å². The molecule has 0 unspecified atom stereocenters. The number of pyridine rings is 1. The van der Waals surface area contributed by atoms with E-state index >= 15 is 0 Å². The van der Waals surface area contributed by atoms with Crippen molar-refractivity contribution in [2.45, 2.75) is 19.9 Å². The van der Waals surface area contributed by atoms with Crippen molar-refractivity contribution in [2.24, 2.45) is 0 Å². The minimum Gasteiger partial charge on any atom is -0.369 e. The summed E-state index contributed by atoms with van der Waals surface area (Å²) in [6.45, 7) is 7.46. The number of amides is 3. The monoisotopic (exact) mass is 379 g/mol. The molecule has 2 aliphatic heterocycles. The van der Waals surface area contributed by atoms with Gasteiger partial charge in [-0.05, 0) is 38.1 Å². The number of rotatable bonds is 4. The normalized spacial score (nSPS) is 20.9. The molecular weight excluding hydrogens is 354 g/mol. The van der Waals surface area contributed by atoms with Crippen LogP contribution in [-0.2, 0) is 4.79 Å². The Kier molecular flexibility index (Phi) is 5.00. The molecule has 0 saturated carbocycles. The molecule has 1 aromatic heterocycles. The van der Waals surface area contributed by atoms with Crippen molar-refractivity contribution in [1.82, 2.24) is 14.8 Å². The average molecular weight is 379 g/mol. The Hall–Kier alpha value is -2.93. The van der Waals surface area contributed by atoms with E-state index in [2.05, 4.69) is 14.8 Å². The number of hydrogen-bond acceptors (Lipinski definition) is 5. The third-order valence-electron chi connectivity index (χ3n) is 5.50. The molecule has 28 heavy (non-hydrogen) atoms. The molecule has 0 spiro atoms. The van der Waals surface area contributed by atoms with E-state index in [-0.39, 0.29) is 11.9 Å². The number of urea groups is 1. The van der Waals surface area contributed by atoms with Gasteiger partial charge in [0.1, 0.15) is 6.04 Å². The van der Waals surface area contributed by atoms with E-state index in [0.717, 1.165) is 43.1 Å². The summed E-state index contributed by atoms with van der Waals surface area (Å²) in [5.41, 5.74) is 3.04. The van der Waals surface area contributed by atoms with Gasteiger partial charge in [-0.2, -0.15) is 0 Å². The largest absolute Gasteiger partial charge is 0.369 e. The topological polar surface area (TPSA) is 60.0 Å². The zero-order valence-electron chi connectivity index (χ0n) is 16.3. The van der Waals surface area contributed by atoms with Crippen molar-refractivity contribution in [3.63, 3.8) is 0 Å². The number of carbonyl (C=O) groups is 2. The van der Waals surface area contributed by atoms with Crippen LogP contribution < -0.4 is 9.80 Å². The number of benzene rings is 1. The number of carbonyl (C=O) groups excluding carboxylic acids is 2. The molecule has 2 aliphatic rings. The van der Waals surface area contributed by atoms with Crippen molar-refractivity contribution in [3.8, 4) is 0 Å². The highest BCUT2D eigenvalue weighted by atomic mass is 16.2. The molecule has 7 heteroatoms. The quantitative estimate of drug-likeness (QED) is 0.763. The lowest BCUT2D eigenvalue weighted by molar-refractivity contribution is -0.128. The van der Waals surface area contributed by atoms with E-state index < -0.39 is 6.04 Å². The summed E-state index contributed by atoms with van der Waals surface area (Å²) in [6, 6.07) is 11.0. The van der Waals surface area contributed by atoms with Gasteiger partial charge in [-0.1, -0.05) is 17.7 Å². The Morgan fingerprint density at radius 3 is 2.21 bits per heavy atom. The minimum atomic E-state index is -0.478. The van der Waals surface area contributed by atoms with Crippen LogP contribution in [0.1, 0.15) is 12.5 Å². The summed E-state index contributed by atoms with van der Waals surface area (Å²) in [7, 11) is 0. The predicted molar refractivity (Wildman–Crippen MR) is 108 cm³/mol. The van der Waals surface area contributed by atoms with E-state index in [1.54, 1.807) is 24.2 Å². The number of nitrogens with zero attached hydrogens (tertiary/aromatic N) is 5. The van der Waals surface area contributed by atoms with E-state index in [1.165, 1.54) is 4.90 Å². The third kappa shape index (κ3) is 3.45. The lowest BCUT2D eigenvalue weighted by Gasteiger charge is -2.37. The summed E-state index contributed by atoms with van der Waals surface area (Å²) in [4.78, 5) is 37.2. The maximum atomic E-state index is 13.0. The van der Waals surface area contributed by atoms with Gasteiger partial charge in [-0.25, -0.2) is 9.69 Å². The predicted octanol–water partition coefficient (Wildman–Crippen LogP) is 2.33. The first-order chi connectivity index (χ1) is 13.5. The summed E-state index contributed by atoms with van der Waals surface area (Å²) < 4.78 is 0. The van der Waals surface area contributed by atoms with Gasteiger partial charge < -0.3 is 4.90 Å². The van der Waals surface area contributed by atoms with Gasteiger partial charge in [0.05, 0.1) is 6.67 Å². The first-order valence-corrected chi connectivity index (χ1v) is 9.63. The van der Waals surface area contributed by atoms with Crippen LogP contribution >= 0.6 is 0 Å². The molecule has 2 saturated heterocycles. The Bertz CT molecular complexity index is 847.